The second-order valence-electron chi connectivity index (χ2n) is 12.2. The highest BCUT2D eigenvalue weighted by atomic mass is 35.5. The molecular formula is C28H43ClN8O2. The Kier molecular flexibility index (Phi) is 8.75. The summed E-state index contributed by atoms with van der Waals surface area (Å²) in [5.74, 6) is -0.371. The molecule has 4 fully saturated rings. The first-order valence-corrected chi connectivity index (χ1v) is 14.6. The van der Waals surface area contributed by atoms with E-state index in [4.69, 9.17) is 5.73 Å². The molecule has 0 amide bonds. The van der Waals surface area contributed by atoms with Crippen LogP contribution < -0.4 is 11.1 Å². The lowest BCUT2D eigenvalue weighted by Gasteiger charge is -2.55. The van der Waals surface area contributed by atoms with Crippen LogP contribution in [0.3, 0.4) is 0 Å². The Bertz CT molecular complexity index is 1110. The zero-order valence-corrected chi connectivity index (χ0v) is 23.6. The van der Waals surface area contributed by atoms with Crippen LogP contribution >= 0.6 is 12.4 Å². The number of hydrogen-bond acceptors (Lipinski definition) is 8. The number of aromatic carboxylic acids is 1. The molecule has 2 aromatic rings. The van der Waals surface area contributed by atoms with Crippen LogP contribution in [-0.2, 0) is 0 Å². The highest BCUT2D eigenvalue weighted by Crippen LogP contribution is 2.50. The second-order valence-corrected chi connectivity index (χ2v) is 12.2. The number of nitrogens with two attached hydrogens (primary N) is 1. The van der Waals surface area contributed by atoms with Gasteiger partial charge in [0.2, 0.25) is 0 Å². The molecule has 0 aromatic carbocycles. The summed E-state index contributed by atoms with van der Waals surface area (Å²) in [6, 6.07) is 1.22. The van der Waals surface area contributed by atoms with Crippen LogP contribution in [0.1, 0.15) is 74.3 Å². The van der Waals surface area contributed by atoms with E-state index in [1.54, 1.807) is 6.20 Å². The number of rotatable bonds is 7. The van der Waals surface area contributed by atoms with E-state index in [0.717, 1.165) is 43.5 Å². The zero-order chi connectivity index (χ0) is 26.1. The molecule has 3 aliphatic heterocycles. The van der Waals surface area contributed by atoms with Gasteiger partial charge in [-0.25, -0.2) is 14.8 Å². The number of hydrogen-bond donors (Lipinski definition) is 3. The molecule has 0 atom stereocenters. The summed E-state index contributed by atoms with van der Waals surface area (Å²) >= 11 is 0. The minimum absolute atomic E-state index is 0. The molecule has 1 spiro atoms. The van der Waals surface area contributed by atoms with Crippen molar-refractivity contribution in [3.8, 4) is 11.3 Å². The number of aromatic nitrogens is 4. The van der Waals surface area contributed by atoms with Gasteiger partial charge in [-0.1, -0.05) is 0 Å². The average Bonchev–Trinajstić information content (AvgIpc) is 3.42. The lowest BCUT2D eigenvalue weighted by atomic mass is 9.60. The Morgan fingerprint density at radius 3 is 2.46 bits per heavy atom. The number of anilines is 1. The van der Waals surface area contributed by atoms with E-state index in [2.05, 4.69) is 30.2 Å². The largest absolute Gasteiger partial charge is 0.476 e. The predicted octanol–water partition coefficient (Wildman–Crippen LogP) is 3.31. The fraction of sp³-hybridized carbons (Fsp3) is 0.714. The van der Waals surface area contributed by atoms with Crippen molar-refractivity contribution in [2.75, 3.05) is 51.5 Å². The van der Waals surface area contributed by atoms with Crippen molar-refractivity contribution in [1.29, 1.82) is 0 Å². The maximum absolute atomic E-state index is 11.3. The Morgan fingerprint density at radius 2 is 1.77 bits per heavy atom. The summed E-state index contributed by atoms with van der Waals surface area (Å²) in [6.07, 6.45) is 17.1. The van der Waals surface area contributed by atoms with Gasteiger partial charge in [0.15, 0.2) is 11.5 Å². The van der Waals surface area contributed by atoms with Gasteiger partial charge in [-0.2, -0.15) is 5.10 Å². The molecule has 1 aliphatic carbocycles. The van der Waals surface area contributed by atoms with Crippen LogP contribution in [0.2, 0.25) is 0 Å². The van der Waals surface area contributed by atoms with Gasteiger partial charge in [-0.15, -0.1) is 12.4 Å². The fourth-order valence-corrected chi connectivity index (χ4v) is 7.31. The average molecular weight is 559 g/mol. The third-order valence-corrected chi connectivity index (χ3v) is 9.85. The number of halogens is 1. The van der Waals surface area contributed by atoms with E-state index < -0.39 is 5.97 Å². The van der Waals surface area contributed by atoms with Gasteiger partial charge >= 0.3 is 5.97 Å². The van der Waals surface area contributed by atoms with Crippen molar-refractivity contribution in [3.63, 3.8) is 0 Å². The lowest BCUT2D eigenvalue weighted by Crippen LogP contribution is -2.56. The number of nitrogens with one attached hydrogen (secondary N) is 1. The number of likely N-dealkylation sites (tertiary alicyclic amines) is 2. The first-order chi connectivity index (χ1) is 18.5. The van der Waals surface area contributed by atoms with E-state index in [1.165, 1.54) is 83.9 Å². The highest BCUT2D eigenvalue weighted by Gasteiger charge is 2.46. The van der Waals surface area contributed by atoms with Crippen molar-refractivity contribution < 1.29 is 9.90 Å². The second kappa shape index (κ2) is 12.1. The highest BCUT2D eigenvalue weighted by molar-refractivity contribution is 5.90. The summed E-state index contributed by atoms with van der Waals surface area (Å²) in [6.45, 7) is 8.47. The van der Waals surface area contributed by atoms with Crippen LogP contribution in [0, 0.1) is 11.3 Å². The predicted molar refractivity (Wildman–Crippen MR) is 153 cm³/mol. The van der Waals surface area contributed by atoms with Gasteiger partial charge in [0.1, 0.15) is 0 Å². The molecular weight excluding hydrogens is 516 g/mol. The van der Waals surface area contributed by atoms with Gasteiger partial charge in [0.05, 0.1) is 24.1 Å². The molecule has 214 valence electrons. The van der Waals surface area contributed by atoms with Gasteiger partial charge in [-0.05, 0) is 102 Å². The van der Waals surface area contributed by atoms with Crippen LogP contribution in [0.15, 0.2) is 18.6 Å². The summed E-state index contributed by atoms with van der Waals surface area (Å²) in [4.78, 5) is 24.9. The Hall–Kier alpha value is -2.27. The van der Waals surface area contributed by atoms with E-state index >= 15 is 0 Å². The molecule has 0 unspecified atom stereocenters. The molecule has 10 nitrogen and oxygen atoms in total. The molecule has 4 aliphatic rings. The molecule has 0 bridgehead atoms. The van der Waals surface area contributed by atoms with E-state index in [-0.39, 0.29) is 23.9 Å². The standard InChI is InChI=1S/C28H42N8O2.ClH/c29-26-25(27(37)38)33-24(18-31-26)21-17-32-36(19-21)22-4-11-34(12-5-22)10-1-20-2-13-35(14-3-20)23-15-28(16-23)6-8-30-9-7-28;/h17-20,22-23,30H,1-16H2,(H2,29,31)(H,37,38);1H. The van der Waals surface area contributed by atoms with Crippen LogP contribution in [0.25, 0.3) is 11.3 Å². The number of nitrogen functional groups attached to an aromatic ring is 1. The normalized spacial score (nSPS) is 23.4. The minimum atomic E-state index is -1.17. The monoisotopic (exact) mass is 558 g/mol. The smallest absolute Gasteiger partial charge is 0.358 e. The number of carboxylic acids is 1. The minimum Gasteiger partial charge on any atom is -0.476 e. The van der Waals surface area contributed by atoms with Crippen molar-refractivity contribution in [3.05, 3.63) is 24.3 Å². The van der Waals surface area contributed by atoms with E-state index in [0.29, 0.717) is 17.2 Å². The molecule has 2 aromatic heterocycles. The summed E-state index contributed by atoms with van der Waals surface area (Å²) in [5, 5.41) is 17.4. The van der Waals surface area contributed by atoms with Crippen molar-refractivity contribution in [2.45, 2.75) is 69.9 Å². The van der Waals surface area contributed by atoms with Crippen molar-refractivity contribution in [2.24, 2.45) is 11.3 Å². The Morgan fingerprint density at radius 1 is 1.05 bits per heavy atom. The van der Waals surface area contributed by atoms with Crippen LogP contribution in [0.5, 0.6) is 0 Å². The first-order valence-electron chi connectivity index (χ1n) is 14.6. The molecule has 0 radical (unpaired) electrons. The third kappa shape index (κ3) is 6.24. The first kappa shape index (κ1) is 28.3. The molecule has 3 saturated heterocycles. The topological polar surface area (TPSA) is 125 Å². The maximum atomic E-state index is 11.3. The van der Waals surface area contributed by atoms with Gasteiger partial charge in [0, 0.05) is 30.9 Å². The van der Waals surface area contributed by atoms with Crippen LogP contribution in [-0.4, -0.2) is 92.5 Å². The van der Waals surface area contributed by atoms with E-state index in [9.17, 15) is 9.90 Å². The quantitative estimate of drug-likeness (QED) is 0.469. The number of nitrogens with zero attached hydrogens (tertiary/aromatic N) is 6. The Labute approximate surface area is 237 Å². The van der Waals surface area contributed by atoms with E-state index in [1.807, 2.05) is 10.9 Å². The van der Waals surface area contributed by atoms with Crippen molar-refractivity contribution in [1.82, 2.24) is 34.9 Å². The number of piperidine rings is 3. The van der Waals surface area contributed by atoms with Gasteiger partial charge in [0.25, 0.3) is 0 Å². The van der Waals surface area contributed by atoms with Crippen molar-refractivity contribution >= 4 is 24.2 Å². The summed E-state index contributed by atoms with van der Waals surface area (Å²) < 4.78 is 2.01. The number of carbonyl (C=O) groups is 1. The third-order valence-electron chi connectivity index (χ3n) is 9.85. The fourth-order valence-electron chi connectivity index (χ4n) is 7.31. The lowest BCUT2D eigenvalue weighted by molar-refractivity contribution is -0.0336. The number of carboxylic acid groups (broad SMARTS) is 1. The molecule has 6 rings (SSSR count). The molecule has 5 heterocycles. The SMILES string of the molecule is Cl.Nc1ncc(-c2cnn(C3CCN(CCC4CCN(C5CC6(CCNCC6)C5)CC4)CC3)c2)nc1C(=O)O. The molecule has 11 heteroatoms. The summed E-state index contributed by atoms with van der Waals surface area (Å²) in [7, 11) is 0. The molecule has 39 heavy (non-hydrogen) atoms. The molecule has 1 saturated carbocycles. The van der Waals surface area contributed by atoms with Gasteiger partial charge in [-0.3, -0.25) is 4.68 Å². The maximum Gasteiger partial charge on any atom is 0.358 e. The zero-order valence-electron chi connectivity index (χ0n) is 22.8. The van der Waals surface area contributed by atoms with Crippen LogP contribution in [0.4, 0.5) is 5.82 Å². The Balaban J connectivity index is 0.00000308. The summed E-state index contributed by atoms with van der Waals surface area (Å²) in [5.41, 5.74) is 7.35. The molecule has 4 N–H and O–H groups in total. The van der Waals surface area contributed by atoms with Gasteiger partial charge < -0.3 is 26.0 Å².